The Balaban J connectivity index is -0.000000813. The van der Waals surface area contributed by atoms with Gasteiger partial charge in [0.25, 0.3) is 0 Å². The lowest BCUT2D eigenvalue weighted by Crippen LogP contribution is -2.20. The maximum Gasteiger partial charge on any atom is 0.234 e. The zero-order valence-corrected chi connectivity index (χ0v) is 40.6. The summed E-state index contributed by atoms with van der Waals surface area (Å²) in [5, 5.41) is 6.03. The summed E-state index contributed by atoms with van der Waals surface area (Å²) in [6.45, 7) is 11.0. The summed E-state index contributed by atoms with van der Waals surface area (Å²) < 4.78 is 0. The maximum absolute atomic E-state index is 10.7. The second kappa shape index (κ2) is 62.9. The summed E-state index contributed by atoms with van der Waals surface area (Å²) >= 11 is 0. The predicted octanol–water partition coefficient (Wildman–Crippen LogP) is 16.9. The van der Waals surface area contributed by atoms with Crippen LogP contribution in [0.1, 0.15) is 240 Å². The van der Waals surface area contributed by atoms with E-state index in [-0.39, 0.29) is 5.91 Å². The van der Waals surface area contributed by atoms with Crippen molar-refractivity contribution in [2.24, 2.45) is 4.99 Å². The van der Waals surface area contributed by atoms with Gasteiger partial charge in [-0.3, -0.25) is 4.79 Å². The van der Waals surface area contributed by atoms with Crippen LogP contribution in [0.3, 0.4) is 0 Å². The van der Waals surface area contributed by atoms with E-state index in [0.29, 0.717) is 6.54 Å². The molecule has 0 radical (unpaired) electrons. The molecule has 60 heavy (non-hydrogen) atoms. The van der Waals surface area contributed by atoms with E-state index < -0.39 is 0 Å². The van der Waals surface area contributed by atoms with Crippen LogP contribution in [-0.2, 0) is 9.59 Å². The molecular formula is C55H101N3O2. The van der Waals surface area contributed by atoms with Crippen LogP contribution in [0.4, 0.5) is 0 Å². The fourth-order valence-electron chi connectivity index (χ4n) is 6.36. The Morgan fingerprint density at radius 3 is 1.03 bits per heavy atom. The van der Waals surface area contributed by atoms with Crippen molar-refractivity contribution in [1.82, 2.24) is 10.6 Å². The molecule has 0 saturated carbocycles. The van der Waals surface area contributed by atoms with Crippen LogP contribution >= 0.6 is 0 Å². The molecule has 2 N–H and O–H groups in total. The highest BCUT2D eigenvalue weighted by Gasteiger charge is 1.93. The van der Waals surface area contributed by atoms with Crippen molar-refractivity contribution < 1.29 is 9.59 Å². The largest absolute Gasteiger partial charge is 0.356 e. The number of hydrogen-bond acceptors (Lipinski definition) is 4. The zero-order valence-electron chi connectivity index (χ0n) is 40.6. The summed E-state index contributed by atoms with van der Waals surface area (Å²) in [6, 6.07) is 0. The molecule has 0 aliphatic rings. The van der Waals surface area contributed by atoms with Gasteiger partial charge in [-0.05, 0) is 129 Å². The van der Waals surface area contributed by atoms with Crippen LogP contribution in [0.5, 0.6) is 0 Å². The Labute approximate surface area is 375 Å². The minimum Gasteiger partial charge on any atom is -0.356 e. The molecule has 0 aromatic heterocycles. The number of isocyanates is 1. The quantitative estimate of drug-likeness (QED) is 0.0278. The van der Waals surface area contributed by atoms with E-state index in [1.165, 1.54) is 186 Å². The summed E-state index contributed by atoms with van der Waals surface area (Å²) in [7, 11) is 2.03. The number of nitrogens with one attached hydrogen (secondary N) is 2. The van der Waals surface area contributed by atoms with Crippen LogP contribution in [0.25, 0.3) is 0 Å². The molecule has 0 aromatic rings. The average molecular weight is 836 g/mol. The number of hydrogen-bond donors (Lipinski definition) is 2. The third-order valence-electron chi connectivity index (χ3n) is 10.2. The molecule has 0 spiro atoms. The van der Waals surface area contributed by atoms with Crippen LogP contribution in [-0.4, -0.2) is 38.7 Å². The lowest BCUT2D eigenvalue weighted by Gasteiger charge is -2.01. The second-order valence-electron chi connectivity index (χ2n) is 16.3. The van der Waals surface area contributed by atoms with Crippen LogP contribution < -0.4 is 10.6 Å². The number of amides is 1. The second-order valence-corrected chi connectivity index (χ2v) is 16.3. The Morgan fingerprint density at radius 2 is 0.717 bits per heavy atom. The molecule has 0 rings (SSSR count). The van der Waals surface area contributed by atoms with E-state index in [0.717, 1.165) is 38.6 Å². The Hall–Kier alpha value is -2.75. The lowest BCUT2D eigenvalue weighted by atomic mass is 10.1. The van der Waals surface area contributed by atoms with Gasteiger partial charge in [-0.1, -0.05) is 190 Å². The van der Waals surface area contributed by atoms with Crippen molar-refractivity contribution in [2.45, 2.75) is 240 Å². The van der Waals surface area contributed by atoms with Gasteiger partial charge >= 0.3 is 0 Å². The van der Waals surface area contributed by atoms with Gasteiger partial charge in [-0.2, -0.15) is 0 Å². The standard InChI is InChI=1S/C19H35NO.C18H31NO.C18H35N/c1-3-4-5-6-7-8-9-10-11-12-13-14-15-16-17-18-20-19(2)21;1-2-3-4-5-6-7-8-9-10-11-12-13-14-15-16-17-19-18-20;1-3-4-5-6-7-8-9-10-11-12-13-14-15-16-17-18-19-2/h7-8,10-11H,3-6,9,12-18H2,1-2H3,(H,20,21);6-7,9-10H,2-5,8,11-17H2,1H3;7-8,10-11,19H,3-6,9,12-18H2,1-2H3/b8-7-,11-10-;7-6-,10-9-;8-7-,11-10-. The molecule has 5 nitrogen and oxygen atoms in total. The summed E-state index contributed by atoms with van der Waals surface area (Å²) in [4.78, 5) is 24.1. The van der Waals surface area contributed by atoms with Gasteiger partial charge in [-0.25, -0.2) is 9.79 Å². The van der Waals surface area contributed by atoms with E-state index in [1.54, 1.807) is 13.0 Å². The van der Waals surface area contributed by atoms with Gasteiger partial charge in [0, 0.05) is 13.5 Å². The van der Waals surface area contributed by atoms with Crippen LogP contribution in [0, 0.1) is 0 Å². The van der Waals surface area contributed by atoms with Gasteiger partial charge < -0.3 is 10.6 Å². The number of carbonyl (C=O) groups is 1. The van der Waals surface area contributed by atoms with Gasteiger partial charge in [0.15, 0.2) is 0 Å². The fourth-order valence-corrected chi connectivity index (χ4v) is 6.36. The molecule has 0 fully saturated rings. The first kappa shape index (κ1) is 61.5. The monoisotopic (exact) mass is 836 g/mol. The molecule has 348 valence electrons. The van der Waals surface area contributed by atoms with Crippen molar-refractivity contribution in [1.29, 1.82) is 0 Å². The predicted molar refractivity (Wildman–Crippen MR) is 270 cm³/mol. The summed E-state index contributed by atoms with van der Waals surface area (Å²) in [5.41, 5.74) is 0. The van der Waals surface area contributed by atoms with Crippen molar-refractivity contribution in [3.05, 3.63) is 72.9 Å². The molecule has 1 amide bonds. The Kier molecular flexibility index (Phi) is 64.5. The topological polar surface area (TPSA) is 70.6 Å². The number of unbranched alkanes of at least 4 members (excludes halogenated alkanes) is 24. The number of allylic oxidation sites excluding steroid dienone is 12. The van der Waals surface area contributed by atoms with Gasteiger partial charge in [0.2, 0.25) is 12.0 Å². The number of nitrogens with zero attached hydrogens (tertiary/aromatic N) is 1. The van der Waals surface area contributed by atoms with Crippen LogP contribution in [0.15, 0.2) is 77.9 Å². The molecule has 0 aliphatic heterocycles. The van der Waals surface area contributed by atoms with Crippen molar-refractivity contribution in [2.75, 3.05) is 26.7 Å². The van der Waals surface area contributed by atoms with Gasteiger partial charge in [0.05, 0.1) is 6.54 Å². The highest BCUT2D eigenvalue weighted by Crippen LogP contribution is 2.09. The molecule has 0 aliphatic carbocycles. The first-order valence-electron chi connectivity index (χ1n) is 25.4. The van der Waals surface area contributed by atoms with Crippen molar-refractivity contribution in [3.8, 4) is 0 Å². The molecule has 0 atom stereocenters. The van der Waals surface area contributed by atoms with Gasteiger partial charge in [-0.15, -0.1) is 0 Å². The van der Waals surface area contributed by atoms with Crippen LogP contribution in [0.2, 0.25) is 0 Å². The molecule has 0 heterocycles. The Bertz CT molecular complexity index is 1030. The molecule has 0 unspecified atom stereocenters. The first-order valence-corrected chi connectivity index (χ1v) is 25.4. The number of rotatable bonds is 42. The van der Waals surface area contributed by atoms with E-state index in [1.807, 2.05) is 7.05 Å². The fraction of sp³-hybridized carbons (Fsp3) is 0.745. The lowest BCUT2D eigenvalue weighted by molar-refractivity contribution is -0.118. The molecule has 5 heteroatoms. The maximum atomic E-state index is 10.7. The normalized spacial score (nSPS) is 11.6. The smallest absolute Gasteiger partial charge is 0.234 e. The zero-order chi connectivity index (χ0) is 44.3. The summed E-state index contributed by atoms with van der Waals surface area (Å²) in [5.74, 6) is 0.0829. The number of carbonyl (C=O) groups excluding carboxylic acids is 2. The van der Waals surface area contributed by atoms with Gasteiger partial charge in [0.1, 0.15) is 0 Å². The van der Waals surface area contributed by atoms with E-state index >= 15 is 0 Å². The average Bonchev–Trinajstić information content (AvgIpc) is 3.25. The minimum absolute atomic E-state index is 0.0829. The SMILES string of the molecule is CCCCC/C=C\C/C=C\CCCCCCCN=C=O.CCCCC/C=C\C/C=C\CCCCCCCNC.CCCCC/C=C\C/C=C\CCCCCCCNC(C)=O. The molecular weight excluding hydrogens is 735 g/mol. The number of aliphatic imine (C=N–C) groups is 1. The minimum atomic E-state index is 0.0829. The third kappa shape index (κ3) is 69.8. The van der Waals surface area contributed by atoms with E-state index in [2.05, 4.69) is 109 Å². The van der Waals surface area contributed by atoms with E-state index in [4.69, 9.17) is 0 Å². The Morgan fingerprint density at radius 1 is 0.417 bits per heavy atom. The first-order chi connectivity index (χ1) is 29.6. The summed E-state index contributed by atoms with van der Waals surface area (Å²) in [6.07, 6.45) is 71.0. The van der Waals surface area contributed by atoms with Crippen molar-refractivity contribution in [3.63, 3.8) is 0 Å². The highest BCUT2D eigenvalue weighted by atomic mass is 16.1. The molecule has 0 bridgehead atoms. The van der Waals surface area contributed by atoms with E-state index in [9.17, 15) is 9.59 Å². The molecule has 0 aromatic carbocycles. The van der Waals surface area contributed by atoms with Crippen molar-refractivity contribution >= 4 is 12.0 Å². The molecule has 0 saturated heterocycles. The highest BCUT2D eigenvalue weighted by molar-refractivity contribution is 5.72. The third-order valence-corrected chi connectivity index (χ3v) is 10.2.